The van der Waals surface area contributed by atoms with Crippen LogP contribution in [0.3, 0.4) is 0 Å². The monoisotopic (exact) mass is 185 g/mol. The highest BCUT2D eigenvalue weighted by Crippen LogP contribution is 2.29. The van der Waals surface area contributed by atoms with Crippen LogP contribution in [0, 0.1) is 5.92 Å². The lowest BCUT2D eigenvalue weighted by Crippen LogP contribution is -2.47. The number of carbonyl (C=O) groups excluding carboxylic acids is 1. The minimum absolute atomic E-state index is 0.219. The van der Waals surface area contributed by atoms with Gasteiger partial charge in [-0.15, -0.1) is 0 Å². The molecule has 1 atom stereocenters. The topological polar surface area (TPSA) is 58.4 Å². The Bertz CT molecular complexity index is 180. The average molecular weight is 185 g/mol. The summed E-state index contributed by atoms with van der Waals surface area (Å²) in [5.74, 6) is 0.584. The number of rotatable bonds is 6. The molecule has 0 bridgehead atoms. The van der Waals surface area contributed by atoms with Gasteiger partial charge in [-0.3, -0.25) is 4.79 Å². The zero-order valence-electron chi connectivity index (χ0n) is 8.42. The van der Waals surface area contributed by atoms with Gasteiger partial charge >= 0.3 is 0 Å². The molecule has 1 aliphatic rings. The van der Waals surface area contributed by atoms with E-state index >= 15 is 0 Å². The Labute approximate surface area is 79.5 Å². The molecule has 13 heavy (non-hydrogen) atoms. The summed E-state index contributed by atoms with van der Waals surface area (Å²) >= 11 is 0. The molecule has 0 aromatic rings. The largest absolute Gasteiger partial charge is 0.368 e. The van der Waals surface area contributed by atoms with Gasteiger partial charge in [-0.05, 0) is 32.9 Å². The summed E-state index contributed by atoms with van der Waals surface area (Å²) in [6, 6.07) is -0.219. The Morgan fingerprint density at radius 3 is 2.69 bits per heavy atom. The van der Waals surface area contributed by atoms with Crippen molar-refractivity contribution in [2.24, 2.45) is 11.7 Å². The third-order valence-electron chi connectivity index (χ3n) is 2.45. The zero-order valence-corrected chi connectivity index (χ0v) is 8.42. The van der Waals surface area contributed by atoms with Crippen LogP contribution >= 0.6 is 0 Å². The van der Waals surface area contributed by atoms with Crippen LogP contribution in [0.2, 0.25) is 0 Å². The highest BCUT2D eigenvalue weighted by molar-refractivity contribution is 5.80. The molecule has 1 amide bonds. The molecular weight excluding hydrogens is 166 g/mol. The van der Waals surface area contributed by atoms with E-state index in [0.717, 1.165) is 12.5 Å². The molecule has 0 aliphatic heterocycles. The number of carbonyl (C=O) groups is 1. The molecule has 0 aromatic heterocycles. The Kier molecular flexibility index (Phi) is 3.69. The number of hydrogen-bond donors (Lipinski definition) is 2. The molecule has 0 aromatic carbocycles. The van der Waals surface area contributed by atoms with Crippen LogP contribution in [-0.4, -0.2) is 44.0 Å². The Morgan fingerprint density at radius 2 is 2.31 bits per heavy atom. The quantitative estimate of drug-likeness (QED) is 0.581. The highest BCUT2D eigenvalue weighted by atomic mass is 16.1. The van der Waals surface area contributed by atoms with Crippen LogP contribution in [0.1, 0.15) is 12.8 Å². The van der Waals surface area contributed by atoms with Crippen molar-refractivity contribution < 1.29 is 4.79 Å². The summed E-state index contributed by atoms with van der Waals surface area (Å²) in [6.07, 6.45) is 2.68. The van der Waals surface area contributed by atoms with Gasteiger partial charge in [0.15, 0.2) is 0 Å². The van der Waals surface area contributed by atoms with E-state index in [9.17, 15) is 4.79 Å². The lowest BCUT2D eigenvalue weighted by molar-refractivity contribution is -0.120. The number of nitrogens with one attached hydrogen (secondary N) is 1. The van der Waals surface area contributed by atoms with E-state index < -0.39 is 0 Å². The lowest BCUT2D eigenvalue weighted by Gasteiger charge is -2.21. The predicted octanol–water partition coefficient (Wildman–Crippen LogP) is -0.598. The van der Waals surface area contributed by atoms with E-state index in [1.165, 1.54) is 12.8 Å². The van der Waals surface area contributed by atoms with Crippen molar-refractivity contribution in [1.82, 2.24) is 10.2 Å². The maximum absolute atomic E-state index is 10.9. The number of amides is 1. The molecule has 76 valence electrons. The molecule has 1 aliphatic carbocycles. The van der Waals surface area contributed by atoms with Gasteiger partial charge in [0.25, 0.3) is 0 Å². The summed E-state index contributed by atoms with van der Waals surface area (Å²) in [5, 5.41) is 2.91. The standard InChI is InChI=1S/C9H19N3O/c1-11-8(9(10)13)6-12(2)5-7-3-4-7/h7-8,11H,3-6H2,1-2H3,(H2,10,13). The van der Waals surface area contributed by atoms with E-state index in [0.29, 0.717) is 6.54 Å². The molecule has 0 saturated heterocycles. The minimum atomic E-state index is -0.273. The van der Waals surface area contributed by atoms with Gasteiger partial charge in [-0.1, -0.05) is 0 Å². The van der Waals surface area contributed by atoms with E-state index in [1.54, 1.807) is 7.05 Å². The zero-order chi connectivity index (χ0) is 9.84. The molecule has 1 unspecified atom stereocenters. The number of nitrogens with zero attached hydrogens (tertiary/aromatic N) is 1. The number of primary amides is 1. The van der Waals surface area contributed by atoms with Crippen molar-refractivity contribution in [1.29, 1.82) is 0 Å². The molecule has 1 rings (SSSR count). The second-order valence-electron chi connectivity index (χ2n) is 3.91. The smallest absolute Gasteiger partial charge is 0.235 e. The van der Waals surface area contributed by atoms with E-state index in [-0.39, 0.29) is 11.9 Å². The summed E-state index contributed by atoms with van der Waals surface area (Å²) in [5.41, 5.74) is 5.21. The second kappa shape index (κ2) is 4.58. The molecule has 4 nitrogen and oxygen atoms in total. The number of hydrogen-bond acceptors (Lipinski definition) is 3. The van der Waals surface area contributed by atoms with Crippen molar-refractivity contribution in [2.45, 2.75) is 18.9 Å². The molecule has 1 saturated carbocycles. The number of likely N-dealkylation sites (N-methyl/N-ethyl adjacent to an activating group) is 2. The lowest BCUT2D eigenvalue weighted by atomic mass is 10.2. The molecule has 0 spiro atoms. The van der Waals surface area contributed by atoms with Crippen LogP contribution < -0.4 is 11.1 Å². The first-order chi connectivity index (χ1) is 6.13. The van der Waals surface area contributed by atoms with Gasteiger partial charge in [0, 0.05) is 13.1 Å². The first-order valence-electron chi connectivity index (χ1n) is 4.78. The van der Waals surface area contributed by atoms with Gasteiger partial charge in [-0.2, -0.15) is 0 Å². The highest BCUT2D eigenvalue weighted by Gasteiger charge is 2.24. The summed E-state index contributed by atoms with van der Waals surface area (Å²) in [4.78, 5) is 13.1. The average Bonchev–Trinajstić information content (AvgIpc) is 2.83. The van der Waals surface area contributed by atoms with Crippen LogP contribution in [0.4, 0.5) is 0 Å². The van der Waals surface area contributed by atoms with Crippen molar-refractivity contribution in [3.8, 4) is 0 Å². The molecule has 0 heterocycles. The fraction of sp³-hybridized carbons (Fsp3) is 0.889. The van der Waals surface area contributed by atoms with Gasteiger partial charge in [0.1, 0.15) is 0 Å². The van der Waals surface area contributed by atoms with Crippen molar-refractivity contribution in [3.63, 3.8) is 0 Å². The molecule has 3 N–H and O–H groups in total. The van der Waals surface area contributed by atoms with Crippen LogP contribution in [0.25, 0.3) is 0 Å². The van der Waals surface area contributed by atoms with E-state index in [1.807, 2.05) is 7.05 Å². The molecule has 0 radical (unpaired) electrons. The summed E-state index contributed by atoms with van der Waals surface area (Å²) < 4.78 is 0. The van der Waals surface area contributed by atoms with Crippen LogP contribution in [-0.2, 0) is 4.79 Å². The second-order valence-corrected chi connectivity index (χ2v) is 3.91. The fourth-order valence-electron chi connectivity index (χ4n) is 1.45. The minimum Gasteiger partial charge on any atom is -0.368 e. The summed E-state index contributed by atoms with van der Waals surface area (Å²) in [7, 11) is 3.80. The first-order valence-corrected chi connectivity index (χ1v) is 4.78. The third-order valence-corrected chi connectivity index (χ3v) is 2.45. The first kappa shape index (κ1) is 10.5. The molecule has 1 fully saturated rings. The van der Waals surface area contributed by atoms with E-state index in [2.05, 4.69) is 10.2 Å². The van der Waals surface area contributed by atoms with E-state index in [4.69, 9.17) is 5.73 Å². The van der Waals surface area contributed by atoms with Gasteiger partial charge in [0.2, 0.25) is 5.91 Å². The molecular formula is C9H19N3O. The van der Waals surface area contributed by atoms with Gasteiger partial charge in [-0.25, -0.2) is 0 Å². The van der Waals surface area contributed by atoms with Gasteiger partial charge < -0.3 is 16.0 Å². The number of nitrogens with two attached hydrogens (primary N) is 1. The Balaban J connectivity index is 2.22. The van der Waals surface area contributed by atoms with Crippen molar-refractivity contribution in [2.75, 3.05) is 27.2 Å². The third kappa shape index (κ3) is 3.74. The van der Waals surface area contributed by atoms with Crippen LogP contribution in [0.15, 0.2) is 0 Å². The predicted molar refractivity (Wildman–Crippen MR) is 52.3 cm³/mol. The Hall–Kier alpha value is -0.610. The van der Waals surface area contributed by atoms with Crippen molar-refractivity contribution in [3.05, 3.63) is 0 Å². The fourth-order valence-corrected chi connectivity index (χ4v) is 1.45. The SMILES string of the molecule is CNC(CN(C)CC1CC1)C(N)=O. The summed E-state index contributed by atoms with van der Waals surface area (Å²) in [6.45, 7) is 1.80. The Morgan fingerprint density at radius 1 is 1.69 bits per heavy atom. The van der Waals surface area contributed by atoms with Crippen molar-refractivity contribution >= 4 is 5.91 Å². The van der Waals surface area contributed by atoms with Gasteiger partial charge in [0.05, 0.1) is 6.04 Å². The normalized spacial score (nSPS) is 19.0. The molecule has 4 heteroatoms. The van der Waals surface area contributed by atoms with Crippen LogP contribution in [0.5, 0.6) is 0 Å². The maximum atomic E-state index is 10.9. The maximum Gasteiger partial charge on any atom is 0.235 e.